The van der Waals surface area contributed by atoms with Crippen molar-refractivity contribution in [3.8, 4) is 0 Å². The Hall–Kier alpha value is -2.08. The molecule has 116 valence electrons. The van der Waals surface area contributed by atoms with Crippen molar-refractivity contribution in [3.63, 3.8) is 0 Å². The van der Waals surface area contributed by atoms with Crippen molar-refractivity contribution in [2.24, 2.45) is 0 Å². The van der Waals surface area contributed by atoms with Crippen LogP contribution in [0.5, 0.6) is 0 Å². The molecule has 0 saturated heterocycles. The summed E-state index contributed by atoms with van der Waals surface area (Å²) >= 11 is 0. The van der Waals surface area contributed by atoms with Crippen LogP contribution >= 0.6 is 0 Å². The largest absolute Gasteiger partial charge is 0.350 e. The van der Waals surface area contributed by atoms with Gasteiger partial charge in [-0.15, -0.1) is 0 Å². The van der Waals surface area contributed by atoms with Crippen molar-refractivity contribution < 1.29 is 13.2 Å². The lowest BCUT2D eigenvalue weighted by atomic mass is 10.0. The molecule has 0 aliphatic carbocycles. The standard InChI is InChI=1S/C16H18N2O3S/c1-9-4-5-10(2)14-13(9)11(3)15(18-14)16(19)17-12-6-7-22(20,21)8-12/h4-7,12,18H,8H2,1-3H3,(H,17,19)/t12-/m1/s1. The third-order valence-corrected chi connectivity index (χ3v) is 5.49. The lowest BCUT2D eigenvalue weighted by Crippen LogP contribution is -2.36. The minimum absolute atomic E-state index is 0.0733. The predicted octanol–water partition coefficient (Wildman–Crippen LogP) is 2.13. The number of rotatable bonds is 2. The molecule has 2 heterocycles. The molecule has 3 rings (SSSR count). The maximum absolute atomic E-state index is 12.5. The van der Waals surface area contributed by atoms with E-state index in [2.05, 4.69) is 10.3 Å². The van der Waals surface area contributed by atoms with Crippen molar-refractivity contribution in [2.45, 2.75) is 26.8 Å². The Balaban J connectivity index is 1.96. The second-order valence-corrected chi connectivity index (χ2v) is 7.74. The maximum atomic E-state index is 12.5. The molecule has 0 unspecified atom stereocenters. The van der Waals surface area contributed by atoms with Gasteiger partial charge < -0.3 is 10.3 Å². The molecule has 5 nitrogen and oxygen atoms in total. The van der Waals surface area contributed by atoms with Crippen LogP contribution in [-0.4, -0.2) is 31.1 Å². The number of fused-ring (bicyclic) bond motifs is 1. The van der Waals surface area contributed by atoms with Gasteiger partial charge in [0.25, 0.3) is 5.91 Å². The molecule has 0 spiro atoms. The summed E-state index contributed by atoms with van der Waals surface area (Å²) in [5.74, 6) is -0.352. The van der Waals surface area contributed by atoms with Gasteiger partial charge in [-0.05, 0) is 43.5 Å². The third-order valence-electron chi connectivity index (χ3n) is 4.10. The average Bonchev–Trinajstić information content (AvgIpc) is 2.95. The molecule has 1 aromatic carbocycles. The zero-order valence-corrected chi connectivity index (χ0v) is 13.5. The van der Waals surface area contributed by atoms with Crippen LogP contribution in [0.2, 0.25) is 0 Å². The van der Waals surface area contributed by atoms with Crippen LogP contribution in [0.15, 0.2) is 23.6 Å². The fourth-order valence-corrected chi connectivity index (χ4v) is 4.17. The van der Waals surface area contributed by atoms with Gasteiger partial charge >= 0.3 is 0 Å². The minimum Gasteiger partial charge on any atom is -0.350 e. The van der Waals surface area contributed by atoms with E-state index in [4.69, 9.17) is 0 Å². The van der Waals surface area contributed by atoms with Crippen LogP contribution in [0.3, 0.4) is 0 Å². The first kappa shape index (κ1) is 14.8. The first-order valence-electron chi connectivity index (χ1n) is 7.09. The summed E-state index contributed by atoms with van der Waals surface area (Å²) in [4.78, 5) is 15.6. The minimum atomic E-state index is -3.18. The van der Waals surface area contributed by atoms with Gasteiger partial charge in [-0.3, -0.25) is 4.79 Å². The second-order valence-electron chi connectivity index (χ2n) is 5.81. The van der Waals surface area contributed by atoms with Gasteiger partial charge in [-0.1, -0.05) is 12.1 Å². The first-order valence-corrected chi connectivity index (χ1v) is 8.80. The molecule has 0 saturated carbocycles. The fraction of sp³-hybridized carbons (Fsp3) is 0.312. The number of aromatic amines is 1. The summed E-state index contributed by atoms with van der Waals surface area (Å²) in [5.41, 5.74) is 4.52. The number of amides is 1. The number of sulfone groups is 1. The molecule has 2 N–H and O–H groups in total. The van der Waals surface area contributed by atoms with Gasteiger partial charge in [0, 0.05) is 16.3 Å². The molecule has 1 aliphatic rings. The number of hydrogen-bond donors (Lipinski definition) is 2. The molecule has 6 heteroatoms. The Bertz CT molecular complexity index is 907. The van der Waals surface area contributed by atoms with E-state index < -0.39 is 15.9 Å². The molecule has 1 aliphatic heterocycles. The number of aromatic nitrogens is 1. The van der Waals surface area contributed by atoms with Crippen LogP contribution < -0.4 is 5.32 Å². The molecule has 1 aromatic heterocycles. The fourth-order valence-electron chi connectivity index (χ4n) is 2.93. The lowest BCUT2D eigenvalue weighted by molar-refractivity contribution is 0.0943. The van der Waals surface area contributed by atoms with E-state index in [-0.39, 0.29) is 11.7 Å². The highest BCUT2D eigenvalue weighted by atomic mass is 32.2. The van der Waals surface area contributed by atoms with E-state index in [0.29, 0.717) is 5.69 Å². The zero-order valence-electron chi connectivity index (χ0n) is 12.7. The summed E-state index contributed by atoms with van der Waals surface area (Å²) in [6, 6.07) is 3.58. The topological polar surface area (TPSA) is 79.0 Å². The van der Waals surface area contributed by atoms with Crippen molar-refractivity contribution in [2.75, 3.05) is 5.75 Å². The van der Waals surface area contributed by atoms with Gasteiger partial charge in [-0.2, -0.15) is 0 Å². The van der Waals surface area contributed by atoms with Crippen LogP contribution in [0.4, 0.5) is 0 Å². The highest BCUT2D eigenvalue weighted by Gasteiger charge is 2.25. The number of carbonyl (C=O) groups is 1. The van der Waals surface area contributed by atoms with Crippen molar-refractivity contribution in [1.29, 1.82) is 0 Å². The lowest BCUT2D eigenvalue weighted by Gasteiger charge is -2.09. The SMILES string of the molecule is Cc1ccc(C)c2c(C)c(C(=O)N[C@@H]3C=CS(=O)(=O)C3)[nH]c12. The summed E-state index contributed by atoms with van der Waals surface area (Å²) in [6.07, 6.45) is 1.52. The number of hydrogen-bond acceptors (Lipinski definition) is 3. The third kappa shape index (κ3) is 2.43. The number of benzene rings is 1. The normalized spacial score (nSPS) is 19.7. The van der Waals surface area contributed by atoms with Crippen LogP contribution in [-0.2, 0) is 9.84 Å². The predicted molar refractivity (Wildman–Crippen MR) is 86.7 cm³/mol. The van der Waals surface area contributed by atoms with Gasteiger partial charge in [0.2, 0.25) is 0 Å². The van der Waals surface area contributed by atoms with Crippen LogP contribution in [0, 0.1) is 20.8 Å². The number of nitrogens with one attached hydrogen (secondary N) is 2. The van der Waals surface area contributed by atoms with Gasteiger partial charge in [-0.25, -0.2) is 8.42 Å². The Morgan fingerprint density at radius 3 is 2.50 bits per heavy atom. The highest BCUT2D eigenvalue weighted by molar-refractivity contribution is 7.94. The highest BCUT2D eigenvalue weighted by Crippen LogP contribution is 2.27. The molecule has 1 amide bonds. The molecule has 1 atom stereocenters. The summed E-state index contributed by atoms with van der Waals surface area (Å²) in [5, 5.41) is 4.97. The Morgan fingerprint density at radius 2 is 1.91 bits per heavy atom. The molecule has 2 aromatic rings. The molecule has 0 bridgehead atoms. The van der Waals surface area contributed by atoms with E-state index >= 15 is 0 Å². The summed E-state index contributed by atoms with van der Waals surface area (Å²) in [7, 11) is -3.18. The van der Waals surface area contributed by atoms with Crippen LogP contribution in [0.25, 0.3) is 10.9 Å². The first-order chi connectivity index (χ1) is 10.3. The quantitative estimate of drug-likeness (QED) is 0.890. The van der Waals surface area contributed by atoms with E-state index in [0.717, 1.165) is 33.0 Å². The second kappa shape index (κ2) is 4.98. The van der Waals surface area contributed by atoms with Gasteiger partial charge in [0.05, 0.1) is 11.8 Å². The monoisotopic (exact) mass is 318 g/mol. The van der Waals surface area contributed by atoms with Crippen molar-refractivity contribution in [3.05, 3.63) is 46.0 Å². The van der Waals surface area contributed by atoms with E-state index in [1.165, 1.54) is 6.08 Å². The zero-order chi connectivity index (χ0) is 16.1. The van der Waals surface area contributed by atoms with Gasteiger partial charge in [0.15, 0.2) is 9.84 Å². The van der Waals surface area contributed by atoms with Gasteiger partial charge in [0.1, 0.15) is 5.69 Å². The molecule has 0 fully saturated rings. The Kier molecular flexibility index (Phi) is 3.36. The summed E-state index contributed by atoms with van der Waals surface area (Å²) in [6.45, 7) is 5.91. The van der Waals surface area contributed by atoms with Crippen molar-refractivity contribution in [1.82, 2.24) is 10.3 Å². The van der Waals surface area contributed by atoms with E-state index in [1.807, 2.05) is 32.9 Å². The average molecular weight is 318 g/mol. The number of H-pyrrole nitrogens is 1. The van der Waals surface area contributed by atoms with E-state index in [9.17, 15) is 13.2 Å². The number of carbonyl (C=O) groups excluding carboxylic acids is 1. The molecule has 0 radical (unpaired) electrons. The van der Waals surface area contributed by atoms with Crippen molar-refractivity contribution >= 4 is 26.6 Å². The maximum Gasteiger partial charge on any atom is 0.268 e. The Morgan fingerprint density at radius 1 is 1.23 bits per heavy atom. The summed E-state index contributed by atoms with van der Waals surface area (Å²) < 4.78 is 22.8. The number of aryl methyl sites for hydroxylation is 3. The molecule has 22 heavy (non-hydrogen) atoms. The van der Waals surface area contributed by atoms with E-state index in [1.54, 1.807) is 0 Å². The smallest absolute Gasteiger partial charge is 0.268 e. The molecular formula is C16H18N2O3S. The van der Waals surface area contributed by atoms with Crippen LogP contribution in [0.1, 0.15) is 27.2 Å². The Labute approximate surface area is 129 Å². The molecular weight excluding hydrogens is 300 g/mol.